The summed E-state index contributed by atoms with van der Waals surface area (Å²) in [7, 11) is 0. The highest BCUT2D eigenvalue weighted by molar-refractivity contribution is 5.64. The van der Waals surface area contributed by atoms with Gasteiger partial charge in [0.1, 0.15) is 17.4 Å². The lowest BCUT2D eigenvalue weighted by molar-refractivity contribution is -0.385. The number of ether oxygens (including phenoxy) is 1. The monoisotopic (exact) mass is 521 g/mol. The number of nitro benzene ring substituents is 2. The third-order valence-electron chi connectivity index (χ3n) is 6.74. The van der Waals surface area contributed by atoms with E-state index in [1.807, 2.05) is 36.4 Å². The molecule has 1 unspecified atom stereocenters. The van der Waals surface area contributed by atoms with Gasteiger partial charge in [0.15, 0.2) is 0 Å². The zero-order chi connectivity index (χ0) is 27.5. The Bertz CT molecular complexity index is 1570. The molecule has 5 rings (SSSR count). The Morgan fingerprint density at radius 3 is 2.15 bits per heavy atom. The third-order valence-corrected chi connectivity index (χ3v) is 6.74. The fourth-order valence-electron chi connectivity index (χ4n) is 4.96. The molecule has 2 aliphatic heterocycles. The van der Waals surface area contributed by atoms with E-state index in [1.54, 1.807) is 24.3 Å². The number of rotatable bonds is 6. The van der Waals surface area contributed by atoms with Crippen molar-refractivity contribution >= 4 is 17.5 Å². The highest BCUT2D eigenvalue weighted by Gasteiger charge is 2.38. The van der Waals surface area contributed by atoms with E-state index in [4.69, 9.17) is 10.5 Å². The van der Waals surface area contributed by atoms with Crippen molar-refractivity contribution in [3.8, 4) is 6.07 Å². The van der Waals surface area contributed by atoms with E-state index in [9.17, 15) is 25.5 Å². The second kappa shape index (κ2) is 10.6. The molecule has 0 aromatic heterocycles. The van der Waals surface area contributed by atoms with Gasteiger partial charge in [0, 0.05) is 49.5 Å². The van der Waals surface area contributed by atoms with Crippen LogP contribution in [0.3, 0.4) is 0 Å². The summed E-state index contributed by atoms with van der Waals surface area (Å²) < 4.78 is 6.06. The van der Waals surface area contributed by atoms with Gasteiger partial charge in [-0.1, -0.05) is 42.5 Å². The average molecular weight is 522 g/mol. The fraction of sp³-hybridized carbons (Fsp3) is 0.138. The molecule has 10 heteroatoms. The summed E-state index contributed by atoms with van der Waals surface area (Å²) >= 11 is 0. The van der Waals surface area contributed by atoms with E-state index in [0.29, 0.717) is 31.0 Å². The average Bonchev–Trinajstić information content (AvgIpc) is 2.93. The number of non-ortho nitro benzene ring substituents is 2. The zero-order valence-corrected chi connectivity index (χ0v) is 20.7. The summed E-state index contributed by atoms with van der Waals surface area (Å²) in [6, 6.07) is 24.4. The first-order valence-corrected chi connectivity index (χ1v) is 12.1. The predicted molar refractivity (Wildman–Crippen MR) is 144 cm³/mol. The highest BCUT2D eigenvalue weighted by Crippen LogP contribution is 2.44. The highest BCUT2D eigenvalue weighted by atomic mass is 16.6. The van der Waals surface area contributed by atoms with Crippen molar-refractivity contribution in [1.82, 2.24) is 4.90 Å². The van der Waals surface area contributed by atoms with E-state index in [-0.39, 0.29) is 22.8 Å². The van der Waals surface area contributed by atoms with Gasteiger partial charge in [-0.25, -0.2) is 0 Å². The van der Waals surface area contributed by atoms with Gasteiger partial charge in [-0.2, -0.15) is 5.26 Å². The molecular formula is C29H23N5O5. The minimum absolute atomic E-state index is 0.00982. The van der Waals surface area contributed by atoms with Crippen LogP contribution in [-0.2, 0) is 11.3 Å². The standard InChI is InChI=1S/C29H23N5O5/c30-15-25-27(21-8-12-24(13-9-21)34(37)38)26-18-32(16-20-4-2-1-3-5-20)17-22(28(26)39-29(25)31)14-19-6-10-23(11-7-19)33(35)36/h1-14,27H,16-18,31H2/b22-14+. The summed E-state index contributed by atoms with van der Waals surface area (Å²) in [5.41, 5.74) is 10.6. The Morgan fingerprint density at radius 2 is 1.56 bits per heavy atom. The van der Waals surface area contributed by atoms with Gasteiger partial charge in [-0.3, -0.25) is 25.1 Å². The Labute approximate surface area is 223 Å². The van der Waals surface area contributed by atoms with Crippen molar-refractivity contribution in [3.63, 3.8) is 0 Å². The fourth-order valence-corrected chi connectivity index (χ4v) is 4.96. The molecule has 0 spiro atoms. The maximum atomic E-state index is 11.2. The number of nitrogens with two attached hydrogens (primary N) is 1. The van der Waals surface area contributed by atoms with Gasteiger partial charge in [0.2, 0.25) is 5.88 Å². The zero-order valence-electron chi connectivity index (χ0n) is 20.7. The molecule has 0 amide bonds. The lowest BCUT2D eigenvalue weighted by Crippen LogP contribution is -2.37. The molecular weight excluding hydrogens is 498 g/mol. The first kappa shape index (κ1) is 25.4. The number of benzene rings is 3. The number of nitro groups is 2. The summed E-state index contributed by atoms with van der Waals surface area (Å²) in [5, 5.41) is 32.3. The van der Waals surface area contributed by atoms with Crippen molar-refractivity contribution in [2.24, 2.45) is 5.73 Å². The van der Waals surface area contributed by atoms with Crippen LogP contribution in [0.2, 0.25) is 0 Å². The number of hydrogen-bond acceptors (Lipinski definition) is 8. The van der Waals surface area contributed by atoms with Crippen LogP contribution in [0.4, 0.5) is 11.4 Å². The van der Waals surface area contributed by atoms with Crippen molar-refractivity contribution in [1.29, 1.82) is 5.26 Å². The summed E-state index contributed by atoms with van der Waals surface area (Å²) in [5.74, 6) is -0.0402. The van der Waals surface area contributed by atoms with Crippen LogP contribution in [0.25, 0.3) is 6.08 Å². The molecule has 0 aliphatic carbocycles. The Hall–Kier alpha value is -5.27. The molecule has 0 fully saturated rings. The van der Waals surface area contributed by atoms with Gasteiger partial charge in [-0.05, 0) is 40.5 Å². The van der Waals surface area contributed by atoms with Crippen molar-refractivity contribution < 1.29 is 14.6 Å². The second-order valence-electron chi connectivity index (χ2n) is 9.28. The molecule has 2 N–H and O–H groups in total. The lowest BCUT2D eigenvalue weighted by atomic mass is 9.80. The van der Waals surface area contributed by atoms with Crippen LogP contribution in [-0.4, -0.2) is 27.8 Å². The number of hydrogen-bond donors (Lipinski definition) is 1. The van der Waals surface area contributed by atoms with Crippen LogP contribution in [0.15, 0.2) is 107 Å². The first-order valence-electron chi connectivity index (χ1n) is 12.1. The summed E-state index contributed by atoms with van der Waals surface area (Å²) in [4.78, 5) is 23.6. The van der Waals surface area contributed by atoms with Crippen LogP contribution in [0.5, 0.6) is 0 Å². The van der Waals surface area contributed by atoms with Gasteiger partial charge >= 0.3 is 0 Å². The third kappa shape index (κ3) is 5.25. The van der Waals surface area contributed by atoms with Crippen molar-refractivity contribution in [2.75, 3.05) is 13.1 Å². The molecule has 2 aliphatic rings. The Morgan fingerprint density at radius 1 is 0.949 bits per heavy atom. The minimum Gasteiger partial charge on any atom is -0.440 e. The molecule has 2 heterocycles. The number of nitrogens with zero attached hydrogens (tertiary/aromatic N) is 4. The van der Waals surface area contributed by atoms with E-state index in [2.05, 4.69) is 11.0 Å². The van der Waals surface area contributed by atoms with Crippen LogP contribution >= 0.6 is 0 Å². The SMILES string of the molecule is N#CC1=C(N)OC2=C(CN(Cc3ccccc3)C/C2=C\c2ccc([N+](=O)[O-])cc2)C1c1ccc([N+](=O)[O-])cc1. The first-order chi connectivity index (χ1) is 18.8. The normalized spacial score (nSPS) is 18.3. The van der Waals surface area contributed by atoms with Crippen LogP contribution in [0, 0.1) is 31.6 Å². The van der Waals surface area contributed by atoms with Gasteiger partial charge in [0.05, 0.1) is 15.8 Å². The topological polar surface area (TPSA) is 149 Å². The smallest absolute Gasteiger partial charge is 0.269 e. The van der Waals surface area contributed by atoms with E-state index < -0.39 is 15.8 Å². The Kier molecular flexibility index (Phi) is 6.91. The quantitative estimate of drug-likeness (QED) is 0.345. The van der Waals surface area contributed by atoms with E-state index in [1.165, 1.54) is 24.3 Å². The van der Waals surface area contributed by atoms with Gasteiger partial charge < -0.3 is 10.5 Å². The maximum Gasteiger partial charge on any atom is 0.269 e. The maximum absolute atomic E-state index is 11.2. The number of allylic oxidation sites excluding steroid dienone is 1. The molecule has 10 nitrogen and oxygen atoms in total. The lowest BCUT2D eigenvalue weighted by Gasteiger charge is -2.38. The van der Waals surface area contributed by atoms with Gasteiger partial charge in [0.25, 0.3) is 11.4 Å². The summed E-state index contributed by atoms with van der Waals surface area (Å²) in [6.45, 7) is 1.61. The van der Waals surface area contributed by atoms with Crippen molar-refractivity contribution in [2.45, 2.75) is 12.5 Å². The molecule has 194 valence electrons. The molecule has 0 bridgehead atoms. The Balaban J connectivity index is 1.61. The summed E-state index contributed by atoms with van der Waals surface area (Å²) in [6.07, 6.45) is 1.90. The molecule has 0 radical (unpaired) electrons. The molecule has 39 heavy (non-hydrogen) atoms. The van der Waals surface area contributed by atoms with Crippen LogP contribution < -0.4 is 5.73 Å². The molecule has 0 saturated carbocycles. The van der Waals surface area contributed by atoms with Crippen molar-refractivity contribution in [3.05, 3.63) is 144 Å². The van der Waals surface area contributed by atoms with E-state index >= 15 is 0 Å². The minimum atomic E-state index is -0.557. The molecule has 1 atom stereocenters. The van der Waals surface area contributed by atoms with E-state index in [0.717, 1.165) is 22.3 Å². The predicted octanol–water partition coefficient (Wildman–Crippen LogP) is 5.16. The second-order valence-corrected chi connectivity index (χ2v) is 9.28. The molecule has 0 saturated heterocycles. The van der Waals surface area contributed by atoms with Gasteiger partial charge in [-0.15, -0.1) is 0 Å². The molecule has 3 aromatic carbocycles. The molecule has 3 aromatic rings. The number of nitriles is 1. The van der Waals surface area contributed by atoms with Crippen LogP contribution in [0.1, 0.15) is 22.6 Å². The largest absolute Gasteiger partial charge is 0.440 e.